The molecule has 1 aliphatic rings. The number of nitrogens with two attached hydrogens (primary N) is 1. The van der Waals surface area contributed by atoms with Crippen LogP contribution in [0.25, 0.3) is 0 Å². The van der Waals surface area contributed by atoms with Crippen molar-refractivity contribution in [3.8, 4) is 0 Å². The fourth-order valence-corrected chi connectivity index (χ4v) is 2.85. The molecule has 2 N–H and O–H groups in total. The van der Waals surface area contributed by atoms with Gasteiger partial charge in [0, 0.05) is 24.4 Å². The third-order valence-corrected chi connectivity index (χ3v) is 4.33. The second kappa shape index (κ2) is 5.12. The molecule has 1 aliphatic heterocycles. The van der Waals surface area contributed by atoms with E-state index in [9.17, 15) is 8.78 Å². The van der Waals surface area contributed by atoms with Crippen LogP contribution in [-0.4, -0.2) is 24.6 Å². The number of hydrogen-bond donors (Lipinski definition) is 1. The van der Waals surface area contributed by atoms with E-state index >= 15 is 0 Å². The zero-order valence-corrected chi connectivity index (χ0v) is 10.6. The van der Waals surface area contributed by atoms with Gasteiger partial charge in [0.05, 0.1) is 11.4 Å². The highest BCUT2D eigenvalue weighted by molar-refractivity contribution is 7.99. The van der Waals surface area contributed by atoms with Crippen LogP contribution in [0.15, 0.2) is 12.1 Å². The monoisotopic (exact) mass is 258 g/mol. The second-order valence-corrected chi connectivity index (χ2v) is 5.38. The first kappa shape index (κ1) is 12.5. The van der Waals surface area contributed by atoms with Crippen LogP contribution in [0.1, 0.15) is 12.8 Å². The lowest BCUT2D eigenvalue weighted by molar-refractivity contribution is 0.571. The maximum atomic E-state index is 13.3. The minimum atomic E-state index is -0.674. The Bertz CT molecular complexity index is 404. The molecule has 1 heterocycles. The van der Waals surface area contributed by atoms with Crippen molar-refractivity contribution in [3.63, 3.8) is 0 Å². The smallest absolute Gasteiger partial charge is 0.151 e. The van der Waals surface area contributed by atoms with Gasteiger partial charge in [0.1, 0.15) is 5.82 Å². The molecule has 1 saturated heterocycles. The van der Waals surface area contributed by atoms with Crippen molar-refractivity contribution in [2.75, 3.05) is 30.0 Å². The molecule has 1 fully saturated rings. The van der Waals surface area contributed by atoms with E-state index in [4.69, 9.17) is 5.73 Å². The van der Waals surface area contributed by atoms with Crippen molar-refractivity contribution < 1.29 is 8.78 Å². The highest BCUT2D eigenvalue weighted by atomic mass is 32.2. The summed E-state index contributed by atoms with van der Waals surface area (Å²) in [5.41, 5.74) is 6.20. The van der Waals surface area contributed by atoms with Crippen molar-refractivity contribution in [2.45, 2.75) is 18.1 Å². The van der Waals surface area contributed by atoms with Crippen LogP contribution in [0.4, 0.5) is 20.2 Å². The van der Waals surface area contributed by atoms with E-state index in [0.29, 0.717) is 10.9 Å². The maximum Gasteiger partial charge on any atom is 0.151 e. The molecule has 5 heteroatoms. The van der Waals surface area contributed by atoms with Crippen LogP contribution in [-0.2, 0) is 0 Å². The number of anilines is 2. The van der Waals surface area contributed by atoms with E-state index in [1.807, 2.05) is 16.7 Å². The maximum absolute atomic E-state index is 13.3. The Morgan fingerprint density at radius 3 is 2.53 bits per heavy atom. The molecular weight excluding hydrogens is 242 g/mol. The Kier molecular flexibility index (Phi) is 3.76. The van der Waals surface area contributed by atoms with E-state index in [2.05, 4.69) is 6.26 Å². The van der Waals surface area contributed by atoms with Crippen LogP contribution in [0, 0.1) is 11.6 Å². The molecule has 2 rings (SSSR count). The second-order valence-electron chi connectivity index (χ2n) is 4.24. The third kappa shape index (κ3) is 2.65. The molecule has 0 bridgehead atoms. The molecule has 1 aromatic rings. The van der Waals surface area contributed by atoms with Crippen LogP contribution >= 0.6 is 11.8 Å². The van der Waals surface area contributed by atoms with E-state index in [1.165, 1.54) is 6.07 Å². The Morgan fingerprint density at radius 2 is 1.94 bits per heavy atom. The van der Waals surface area contributed by atoms with Crippen molar-refractivity contribution in [1.29, 1.82) is 0 Å². The summed E-state index contributed by atoms with van der Waals surface area (Å²) < 4.78 is 26.5. The Hall–Kier alpha value is -0.970. The molecule has 94 valence electrons. The van der Waals surface area contributed by atoms with Gasteiger partial charge in [-0.3, -0.25) is 0 Å². The highest BCUT2D eigenvalue weighted by Gasteiger charge is 2.21. The van der Waals surface area contributed by atoms with Crippen LogP contribution in [0.5, 0.6) is 0 Å². The number of thioether (sulfide) groups is 1. The van der Waals surface area contributed by atoms with Crippen LogP contribution in [0.3, 0.4) is 0 Å². The van der Waals surface area contributed by atoms with Gasteiger partial charge in [-0.25, -0.2) is 8.78 Å². The normalized spacial score (nSPS) is 17.5. The summed E-state index contributed by atoms with van der Waals surface area (Å²) in [6.07, 6.45) is 4.15. The molecule has 2 nitrogen and oxygen atoms in total. The van der Waals surface area contributed by atoms with Crippen molar-refractivity contribution in [2.24, 2.45) is 0 Å². The minimum absolute atomic E-state index is 0.0500. The zero-order valence-electron chi connectivity index (χ0n) is 9.75. The van der Waals surface area contributed by atoms with Crippen molar-refractivity contribution in [1.82, 2.24) is 0 Å². The quantitative estimate of drug-likeness (QED) is 0.827. The van der Waals surface area contributed by atoms with E-state index in [1.54, 1.807) is 0 Å². The summed E-state index contributed by atoms with van der Waals surface area (Å²) in [5.74, 6) is -1.24. The number of rotatable bonds is 2. The summed E-state index contributed by atoms with van der Waals surface area (Å²) in [6, 6.07) is 2.14. The molecule has 0 aliphatic carbocycles. The molecular formula is C12H16F2N2S. The lowest BCUT2D eigenvalue weighted by Gasteiger charge is -2.33. The van der Waals surface area contributed by atoms with Crippen LogP contribution in [0.2, 0.25) is 0 Å². The first-order chi connectivity index (χ1) is 8.11. The number of nitrogen functional groups attached to an aromatic ring is 1. The lowest BCUT2D eigenvalue weighted by Crippen LogP contribution is -2.35. The summed E-state index contributed by atoms with van der Waals surface area (Å²) in [4.78, 5) is 1.97. The van der Waals surface area contributed by atoms with Gasteiger partial charge in [-0.2, -0.15) is 11.8 Å². The van der Waals surface area contributed by atoms with Gasteiger partial charge in [0.15, 0.2) is 5.82 Å². The number of hydrogen-bond acceptors (Lipinski definition) is 3. The predicted molar refractivity (Wildman–Crippen MR) is 69.5 cm³/mol. The molecule has 0 aromatic heterocycles. The summed E-state index contributed by atoms with van der Waals surface area (Å²) >= 11 is 1.85. The van der Waals surface area contributed by atoms with Crippen molar-refractivity contribution >= 4 is 23.1 Å². The van der Waals surface area contributed by atoms with Gasteiger partial charge in [-0.1, -0.05) is 0 Å². The Labute approximate surface area is 104 Å². The van der Waals surface area contributed by atoms with Gasteiger partial charge in [-0.05, 0) is 25.2 Å². The summed E-state index contributed by atoms with van der Waals surface area (Å²) in [7, 11) is 0. The van der Waals surface area contributed by atoms with Gasteiger partial charge in [0.25, 0.3) is 0 Å². The first-order valence-electron chi connectivity index (χ1n) is 5.64. The number of piperidine rings is 1. The lowest BCUT2D eigenvalue weighted by atomic mass is 10.1. The van der Waals surface area contributed by atoms with Gasteiger partial charge in [0.2, 0.25) is 0 Å². The summed E-state index contributed by atoms with van der Waals surface area (Å²) in [6.45, 7) is 1.61. The standard InChI is InChI=1S/C12H16F2N2S/c1-17-9-2-4-16(5-3-9)11-7-8(13)6-10(14)12(11)15/h6-7,9H,2-5,15H2,1H3. The largest absolute Gasteiger partial charge is 0.395 e. The van der Waals surface area contributed by atoms with E-state index in [0.717, 1.165) is 32.0 Å². The molecule has 0 unspecified atom stereocenters. The zero-order chi connectivity index (χ0) is 12.4. The number of halogens is 2. The van der Waals surface area contributed by atoms with Gasteiger partial charge >= 0.3 is 0 Å². The SMILES string of the molecule is CSC1CCN(c2cc(F)cc(F)c2N)CC1. The Morgan fingerprint density at radius 1 is 1.29 bits per heavy atom. The topological polar surface area (TPSA) is 29.3 Å². The molecule has 0 radical (unpaired) electrons. The fourth-order valence-electron chi connectivity index (χ4n) is 2.17. The average molecular weight is 258 g/mol. The first-order valence-corrected chi connectivity index (χ1v) is 6.93. The summed E-state index contributed by atoms with van der Waals surface area (Å²) in [5, 5.41) is 0.644. The minimum Gasteiger partial charge on any atom is -0.395 e. The predicted octanol–water partition coefficient (Wildman–Crippen LogP) is 2.88. The average Bonchev–Trinajstić information content (AvgIpc) is 2.34. The van der Waals surface area contributed by atoms with E-state index < -0.39 is 11.6 Å². The molecule has 0 atom stereocenters. The van der Waals surface area contributed by atoms with E-state index in [-0.39, 0.29) is 5.69 Å². The molecule has 0 spiro atoms. The Balaban J connectivity index is 2.18. The van der Waals surface area contributed by atoms with Gasteiger partial charge in [-0.15, -0.1) is 0 Å². The highest BCUT2D eigenvalue weighted by Crippen LogP contribution is 2.31. The van der Waals surface area contributed by atoms with Gasteiger partial charge < -0.3 is 10.6 Å². The number of benzene rings is 1. The third-order valence-electron chi connectivity index (χ3n) is 3.19. The van der Waals surface area contributed by atoms with Crippen LogP contribution < -0.4 is 10.6 Å². The molecule has 0 amide bonds. The molecule has 1 aromatic carbocycles. The van der Waals surface area contributed by atoms with Crippen molar-refractivity contribution in [3.05, 3.63) is 23.8 Å². The molecule has 17 heavy (non-hydrogen) atoms. The molecule has 0 saturated carbocycles. The number of nitrogens with zero attached hydrogens (tertiary/aromatic N) is 1. The fraction of sp³-hybridized carbons (Fsp3) is 0.500.